The van der Waals surface area contributed by atoms with Crippen LogP contribution in [0.4, 0.5) is 0 Å². The van der Waals surface area contributed by atoms with Gasteiger partial charge in [-0.05, 0) is 55.7 Å². The Morgan fingerprint density at radius 1 is 1.28 bits per heavy atom. The van der Waals surface area contributed by atoms with Crippen molar-refractivity contribution >= 4 is 17.5 Å². The van der Waals surface area contributed by atoms with E-state index in [0.717, 1.165) is 36.7 Å². The molecule has 0 spiro atoms. The summed E-state index contributed by atoms with van der Waals surface area (Å²) in [5.74, 6) is 1.92. The molecule has 3 rings (SSSR count). The highest BCUT2D eigenvalue weighted by Gasteiger charge is 2.22. The third kappa shape index (κ3) is 5.08. The van der Waals surface area contributed by atoms with Crippen LogP contribution in [0.1, 0.15) is 19.1 Å². The first-order chi connectivity index (χ1) is 12.1. The minimum atomic E-state index is -0.0461. The van der Waals surface area contributed by atoms with Crippen LogP contribution in [0.15, 0.2) is 40.8 Å². The van der Waals surface area contributed by atoms with E-state index in [4.69, 9.17) is 20.8 Å². The van der Waals surface area contributed by atoms with Crippen molar-refractivity contribution in [3.05, 3.63) is 47.2 Å². The Hall–Kier alpha value is -1.82. The van der Waals surface area contributed by atoms with Gasteiger partial charge in [0.2, 0.25) is 5.91 Å². The summed E-state index contributed by atoms with van der Waals surface area (Å²) in [6.45, 7) is 4.35. The number of furan rings is 1. The van der Waals surface area contributed by atoms with Crippen LogP contribution in [0.5, 0.6) is 0 Å². The van der Waals surface area contributed by atoms with Crippen LogP contribution in [0.25, 0.3) is 11.3 Å². The first-order valence-electron chi connectivity index (χ1n) is 8.54. The highest BCUT2D eigenvalue weighted by Crippen LogP contribution is 2.23. The minimum Gasteiger partial charge on any atom is -0.459 e. The summed E-state index contributed by atoms with van der Waals surface area (Å²) >= 11 is 5.89. The molecule has 1 amide bonds. The average molecular weight is 363 g/mol. The molecule has 6 heteroatoms. The summed E-state index contributed by atoms with van der Waals surface area (Å²) in [5, 5.41) is 6.82. The van der Waals surface area contributed by atoms with E-state index in [1.54, 1.807) is 0 Å². The quantitative estimate of drug-likeness (QED) is 0.793. The molecule has 25 heavy (non-hydrogen) atoms. The third-order valence-corrected chi connectivity index (χ3v) is 4.76. The van der Waals surface area contributed by atoms with Gasteiger partial charge in [0.05, 0.1) is 19.7 Å². The number of hydrogen-bond donors (Lipinski definition) is 2. The van der Waals surface area contributed by atoms with Gasteiger partial charge in [-0.25, -0.2) is 0 Å². The molecule has 134 valence electrons. The molecule has 1 aliphatic rings. The molecule has 2 aromatic rings. The molecular weight excluding hydrogens is 340 g/mol. The Morgan fingerprint density at radius 3 is 2.80 bits per heavy atom. The van der Waals surface area contributed by atoms with E-state index in [-0.39, 0.29) is 11.9 Å². The molecule has 0 radical (unpaired) electrons. The molecule has 2 atom stereocenters. The topological polar surface area (TPSA) is 63.5 Å². The molecule has 1 aliphatic heterocycles. The summed E-state index contributed by atoms with van der Waals surface area (Å²) in [7, 11) is 0. The molecule has 2 heterocycles. The fourth-order valence-corrected chi connectivity index (χ4v) is 2.98. The molecule has 1 fully saturated rings. The molecule has 1 aromatic heterocycles. The van der Waals surface area contributed by atoms with E-state index in [2.05, 4.69) is 17.6 Å². The van der Waals surface area contributed by atoms with Crippen molar-refractivity contribution in [3.8, 4) is 11.3 Å². The maximum Gasteiger partial charge on any atom is 0.234 e. The predicted octanol–water partition coefficient (Wildman–Crippen LogP) is 3.23. The van der Waals surface area contributed by atoms with Crippen LogP contribution in [-0.4, -0.2) is 31.7 Å². The average Bonchev–Trinajstić information content (AvgIpc) is 3.30. The van der Waals surface area contributed by atoms with Crippen LogP contribution in [0.3, 0.4) is 0 Å². The van der Waals surface area contributed by atoms with Crippen molar-refractivity contribution in [1.29, 1.82) is 0 Å². The molecule has 5 nitrogen and oxygen atoms in total. The molecule has 0 unspecified atom stereocenters. The van der Waals surface area contributed by atoms with Gasteiger partial charge in [0.15, 0.2) is 0 Å². The summed E-state index contributed by atoms with van der Waals surface area (Å²) in [4.78, 5) is 12.0. The molecule has 1 aromatic carbocycles. The lowest BCUT2D eigenvalue weighted by Crippen LogP contribution is -2.41. The van der Waals surface area contributed by atoms with E-state index in [1.165, 1.54) is 0 Å². The second-order valence-corrected chi connectivity index (χ2v) is 6.78. The SMILES string of the molecule is C[C@H](NCC(=O)NCc1ccc(-c2ccc(Cl)cc2)o1)[C@@H]1CCOC1. The lowest BCUT2D eigenvalue weighted by Gasteiger charge is -2.18. The van der Waals surface area contributed by atoms with Gasteiger partial charge in [0.25, 0.3) is 0 Å². The van der Waals surface area contributed by atoms with Crippen molar-refractivity contribution in [2.45, 2.75) is 25.9 Å². The lowest BCUT2D eigenvalue weighted by molar-refractivity contribution is -0.120. The lowest BCUT2D eigenvalue weighted by atomic mass is 10.0. The van der Waals surface area contributed by atoms with Gasteiger partial charge >= 0.3 is 0 Å². The zero-order valence-electron chi connectivity index (χ0n) is 14.3. The maximum absolute atomic E-state index is 12.0. The van der Waals surface area contributed by atoms with Crippen molar-refractivity contribution in [1.82, 2.24) is 10.6 Å². The molecule has 1 saturated heterocycles. The number of carbonyl (C=O) groups excluding carboxylic acids is 1. The van der Waals surface area contributed by atoms with Crippen LogP contribution in [0.2, 0.25) is 5.02 Å². The zero-order chi connectivity index (χ0) is 17.6. The number of carbonyl (C=O) groups is 1. The standard InChI is InChI=1S/C19H23ClN2O3/c1-13(15-8-9-24-12-15)21-11-19(23)22-10-17-6-7-18(25-17)14-2-4-16(20)5-3-14/h2-7,13,15,21H,8-12H2,1H3,(H,22,23)/t13-,15+/m0/s1. The summed E-state index contributed by atoms with van der Waals surface area (Å²) in [6, 6.07) is 11.5. The molecule has 2 N–H and O–H groups in total. The van der Waals surface area contributed by atoms with E-state index in [0.29, 0.717) is 24.0 Å². The largest absolute Gasteiger partial charge is 0.459 e. The van der Waals surface area contributed by atoms with Gasteiger partial charge in [-0.2, -0.15) is 0 Å². The second-order valence-electron chi connectivity index (χ2n) is 6.34. The number of ether oxygens (including phenoxy) is 1. The van der Waals surface area contributed by atoms with Crippen molar-refractivity contribution in [3.63, 3.8) is 0 Å². The van der Waals surface area contributed by atoms with Crippen LogP contribution in [-0.2, 0) is 16.1 Å². The number of benzene rings is 1. The van der Waals surface area contributed by atoms with E-state index < -0.39 is 0 Å². The van der Waals surface area contributed by atoms with Crippen molar-refractivity contribution in [2.24, 2.45) is 5.92 Å². The number of nitrogens with one attached hydrogen (secondary N) is 2. The van der Waals surface area contributed by atoms with Crippen LogP contribution in [0, 0.1) is 5.92 Å². The summed E-state index contributed by atoms with van der Waals surface area (Å²) in [5.41, 5.74) is 0.955. The van der Waals surface area contributed by atoms with E-state index >= 15 is 0 Å². The van der Waals surface area contributed by atoms with Gasteiger partial charge < -0.3 is 19.8 Å². The Labute approximate surface area is 152 Å². The third-order valence-electron chi connectivity index (χ3n) is 4.51. The van der Waals surface area contributed by atoms with Crippen molar-refractivity contribution < 1.29 is 13.9 Å². The van der Waals surface area contributed by atoms with Crippen molar-refractivity contribution in [2.75, 3.05) is 19.8 Å². The smallest absolute Gasteiger partial charge is 0.234 e. The minimum absolute atomic E-state index is 0.0461. The van der Waals surface area contributed by atoms with Gasteiger partial charge in [-0.3, -0.25) is 4.79 Å². The predicted molar refractivity (Wildman–Crippen MR) is 97.4 cm³/mol. The van der Waals surface area contributed by atoms with Gasteiger partial charge in [0, 0.05) is 23.2 Å². The number of halogens is 1. The number of rotatable bonds is 7. The molecule has 0 aliphatic carbocycles. The normalized spacial score (nSPS) is 18.2. The highest BCUT2D eigenvalue weighted by atomic mass is 35.5. The Balaban J connectivity index is 1.43. The molecule has 0 bridgehead atoms. The zero-order valence-corrected chi connectivity index (χ0v) is 15.0. The van der Waals surface area contributed by atoms with Gasteiger partial charge in [-0.1, -0.05) is 11.6 Å². The second kappa shape index (κ2) is 8.52. The number of amides is 1. The van der Waals surface area contributed by atoms with Gasteiger partial charge in [-0.15, -0.1) is 0 Å². The summed E-state index contributed by atoms with van der Waals surface area (Å²) in [6.07, 6.45) is 1.05. The monoisotopic (exact) mass is 362 g/mol. The Kier molecular flexibility index (Phi) is 6.13. The van der Waals surface area contributed by atoms with Gasteiger partial charge in [0.1, 0.15) is 11.5 Å². The fraction of sp³-hybridized carbons (Fsp3) is 0.421. The Bertz CT molecular complexity index is 693. The highest BCUT2D eigenvalue weighted by molar-refractivity contribution is 6.30. The number of hydrogen-bond acceptors (Lipinski definition) is 4. The Morgan fingerprint density at radius 2 is 2.08 bits per heavy atom. The molecule has 0 saturated carbocycles. The summed E-state index contributed by atoms with van der Waals surface area (Å²) < 4.78 is 11.1. The molecular formula is C19H23ClN2O3. The fourth-order valence-electron chi connectivity index (χ4n) is 2.86. The van der Waals surface area contributed by atoms with E-state index in [9.17, 15) is 4.79 Å². The van der Waals surface area contributed by atoms with E-state index in [1.807, 2.05) is 36.4 Å². The first kappa shape index (κ1) is 18.0. The maximum atomic E-state index is 12.0. The first-order valence-corrected chi connectivity index (χ1v) is 8.92. The van der Waals surface area contributed by atoms with Crippen LogP contribution < -0.4 is 10.6 Å². The van der Waals surface area contributed by atoms with Crippen LogP contribution >= 0.6 is 11.6 Å².